The fourth-order valence-electron chi connectivity index (χ4n) is 2.17. The zero-order valence-corrected chi connectivity index (χ0v) is 11.7. The molecule has 0 aromatic heterocycles. The van der Waals surface area contributed by atoms with E-state index in [1.165, 1.54) is 16.7 Å². The Morgan fingerprint density at radius 1 is 1.24 bits per heavy atom. The lowest BCUT2D eigenvalue weighted by atomic mass is 10.00. The van der Waals surface area contributed by atoms with Gasteiger partial charge in [-0.05, 0) is 45.7 Å². The summed E-state index contributed by atoms with van der Waals surface area (Å²) < 4.78 is 5.42. The van der Waals surface area contributed by atoms with Gasteiger partial charge in [-0.25, -0.2) is 0 Å². The molecule has 2 heteroatoms. The van der Waals surface area contributed by atoms with Crippen molar-refractivity contribution in [1.82, 2.24) is 5.32 Å². The monoisotopic (exact) mass is 235 g/mol. The molecule has 1 aromatic carbocycles. The van der Waals surface area contributed by atoms with Crippen molar-refractivity contribution in [2.45, 2.75) is 46.7 Å². The third-order valence-corrected chi connectivity index (χ3v) is 3.00. The van der Waals surface area contributed by atoms with E-state index in [0.29, 0.717) is 12.1 Å². The molecule has 17 heavy (non-hydrogen) atoms. The summed E-state index contributed by atoms with van der Waals surface area (Å²) in [6, 6.07) is 7.38. The quantitative estimate of drug-likeness (QED) is 0.816. The normalized spacial score (nSPS) is 14.6. The van der Waals surface area contributed by atoms with Crippen molar-refractivity contribution in [2.24, 2.45) is 0 Å². The molecule has 0 amide bonds. The van der Waals surface area contributed by atoms with Gasteiger partial charge in [0.25, 0.3) is 0 Å². The maximum atomic E-state index is 5.42. The summed E-state index contributed by atoms with van der Waals surface area (Å²) >= 11 is 0. The van der Waals surface area contributed by atoms with Crippen LogP contribution >= 0.6 is 0 Å². The summed E-state index contributed by atoms with van der Waals surface area (Å²) in [5.74, 6) is 0. The van der Waals surface area contributed by atoms with Crippen molar-refractivity contribution in [3.8, 4) is 0 Å². The van der Waals surface area contributed by atoms with Gasteiger partial charge in [0, 0.05) is 18.7 Å². The van der Waals surface area contributed by atoms with Crippen LogP contribution in [0, 0.1) is 13.8 Å². The summed E-state index contributed by atoms with van der Waals surface area (Å²) in [5.41, 5.74) is 4.05. The third-order valence-electron chi connectivity index (χ3n) is 3.00. The highest BCUT2D eigenvalue weighted by atomic mass is 16.5. The van der Waals surface area contributed by atoms with Gasteiger partial charge < -0.3 is 10.1 Å². The zero-order valence-electron chi connectivity index (χ0n) is 11.7. The van der Waals surface area contributed by atoms with E-state index in [9.17, 15) is 0 Å². The van der Waals surface area contributed by atoms with Gasteiger partial charge in [-0.2, -0.15) is 0 Å². The highest BCUT2D eigenvalue weighted by Gasteiger charge is 2.11. The van der Waals surface area contributed by atoms with E-state index in [1.807, 2.05) is 6.92 Å². The van der Waals surface area contributed by atoms with Crippen LogP contribution < -0.4 is 5.32 Å². The third kappa shape index (κ3) is 4.49. The van der Waals surface area contributed by atoms with Crippen molar-refractivity contribution >= 4 is 0 Å². The van der Waals surface area contributed by atoms with E-state index in [4.69, 9.17) is 4.74 Å². The molecule has 0 saturated carbocycles. The molecule has 2 atom stereocenters. The van der Waals surface area contributed by atoms with E-state index < -0.39 is 0 Å². The predicted octanol–water partition coefficient (Wildman–Crippen LogP) is 3.38. The summed E-state index contributed by atoms with van der Waals surface area (Å²) in [6.07, 6.45) is 0. The first-order chi connectivity index (χ1) is 8.04. The number of aryl methyl sites for hydroxylation is 2. The van der Waals surface area contributed by atoms with Crippen molar-refractivity contribution in [1.29, 1.82) is 0 Å². The van der Waals surface area contributed by atoms with Crippen molar-refractivity contribution in [3.05, 3.63) is 34.9 Å². The minimum Gasteiger partial charge on any atom is -0.380 e. The minimum absolute atomic E-state index is 0.367. The molecule has 1 rings (SSSR count). The molecule has 0 aliphatic heterocycles. The molecule has 0 aliphatic carbocycles. The van der Waals surface area contributed by atoms with Crippen LogP contribution in [0.3, 0.4) is 0 Å². The van der Waals surface area contributed by atoms with Crippen molar-refractivity contribution in [2.75, 3.05) is 13.2 Å². The highest BCUT2D eigenvalue weighted by molar-refractivity contribution is 5.32. The minimum atomic E-state index is 0.367. The first kappa shape index (κ1) is 14.2. The summed E-state index contributed by atoms with van der Waals surface area (Å²) in [5, 5.41) is 3.57. The molecule has 2 unspecified atom stereocenters. The van der Waals surface area contributed by atoms with Crippen LogP contribution in [-0.2, 0) is 4.74 Å². The van der Waals surface area contributed by atoms with Crippen LogP contribution in [0.1, 0.15) is 43.5 Å². The molecular weight excluding hydrogens is 210 g/mol. The number of nitrogens with one attached hydrogen (secondary N) is 1. The van der Waals surface area contributed by atoms with Gasteiger partial charge in [0.1, 0.15) is 0 Å². The molecule has 0 heterocycles. The smallest absolute Gasteiger partial charge is 0.0616 e. The Hall–Kier alpha value is -0.860. The van der Waals surface area contributed by atoms with Crippen molar-refractivity contribution in [3.63, 3.8) is 0 Å². The van der Waals surface area contributed by atoms with Gasteiger partial charge in [-0.1, -0.05) is 23.8 Å². The van der Waals surface area contributed by atoms with E-state index in [0.717, 1.165) is 13.2 Å². The second-order valence-corrected chi connectivity index (χ2v) is 4.81. The number of hydrogen-bond donors (Lipinski definition) is 1. The largest absolute Gasteiger partial charge is 0.380 e. The van der Waals surface area contributed by atoms with E-state index in [2.05, 4.69) is 51.2 Å². The molecule has 96 valence electrons. The second-order valence-electron chi connectivity index (χ2n) is 4.81. The molecule has 0 saturated heterocycles. The predicted molar refractivity (Wildman–Crippen MR) is 73.4 cm³/mol. The molecule has 0 fully saturated rings. The maximum absolute atomic E-state index is 5.42. The van der Waals surface area contributed by atoms with Crippen LogP contribution in [0.25, 0.3) is 0 Å². The molecular formula is C15H25NO. The zero-order chi connectivity index (χ0) is 12.8. The first-order valence-corrected chi connectivity index (χ1v) is 6.45. The van der Waals surface area contributed by atoms with Crippen LogP contribution in [0.15, 0.2) is 18.2 Å². The lowest BCUT2D eigenvalue weighted by molar-refractivity contribution is 0.124. The Bertz CT molecular complexity index is 349. The van der Waals surface area contributed by atoms with Gasteiger partial charge in [-0.15, -0.1) is 0 Å². The van der Waals surface area contributed by atoms with Crippen LogP contribution in [-0.4, -0.2) is 19.3 Å². The van der Waals surface area contributed by atoms with E-state index in [1.54, 1.807) is 0 Å². The topological polar surface area (TPSA) is 21.3 Å². The Balaban J connectivity index is 2.60. The van der Waals surface area contributed by atoms with Crippen LogP contribution in [0.4, 0.5) is 0 Å². The standard InChI is InChI=1S/C15H25NO/c1-6-17-10-13(4)16-14(5)15-8-7-11(2)9-12(15)3/h7-9,13-14,16H,6,10H2,1-5H3. The van der Waals surface area contributed by atoms with Gasteiger partial charge in [0.2, 0.25) is 0 Å². The van der Waals surface area contributed by atoms with Gasteiger partial charge in [-0.3, -0.25) is 0 Å². The van der Waals surface area contributed by atoms with E-state index in [-0.39, 0.29) is 0 Å². The Morgan fingerprint density at radius 3 is 2.53 bits per heavy atom. The Morgan fingerprint density at radius 2 is 1.94 bits per heavy atom. The summed E-state index contributed by atoms with van der Waals surface area (Å²) in [6.45, 7) is 12.3. The Labute approximate surface area is 105 Å². The second kappa shape index (κ2) is 6.77. The molecule has 0 bridgehead atoms. The number of ether oxygens (including phenoxy) is 1. The lowest BCUT2D eigenvalue weighted by Gasteiger charge is -2.22. The first-order valence-electron chi connectivity index (χ1n) is 6.45. The fraction of sp³-hybridized carbons (Fsp3) is 0.600. The fourth-order valence-corrected chi connectivity index (χ4v) is 2.17. The summed E-state index contributed by atoms with van der Waals surface area (Å²) in [4.78, 5) is 0. The molecule has 0 spiro atoms. The molecule has 2 nitrogen and oxygen atoms in total. The van der Waals surface area contributed by atoms with Gasteiger partial charge in [0.05, 0.1) is 6.61 Å². The highest BCUT2D eigenvalue weighted by Crippen LogP contribution is 2.18. The van der Waals surface area contributed by atoms with Crippen LogP contribution in [0.5, 0.6) is 0 Å². The van der Waals surface area contributed by atoms with E-state index >= 15 is 0 Å². The SMILES string of the molecule is CCOCC(C)NC(C)c1ccc(C)cc1C. The van der Waals surface area contributed by atoms with Gasteiger partial charge in [0.15, 0.2) is 0 Å². The summed E-state index contributed by atoms with van der Waals surface area (Å²) in [7, 11) is 0. The number of benzene rings is 1. The van der Waals surface area contributed by atoms with Crippen molar-refractivity contribution < 1.29 is 4.74 Å². The average Bonchev–Trinajstić information content (AvgIpc) is 2.26. The molecule has 1 N–H and O–H groups in total. The molecule has 1 aromatic rings. The molecule has 0 radical (unpaired) electrons. The van der Waals surface area contributed by atoms with Crippen LogP contribution in [0.2, 0.25) is 0 Å². The maximum Gasteiger partial charge on any atom is 0.0616 e. The number of rotatable bonds is 6. The lowest BCUT2D eigenvalue weighted by Crippen LogP contribution is -2.33. The van der Waals surface area contributed by atoms with Gasteiger partial charge >= 0.3 is 0 Å². The number of hydrogen-bond acceptors (Lipinski definition) is 2. The Kier molecular flexibility index (Phi) is 5.66. The molecule has 0 aliphatic rings. The average molecular weight is 235 g/mol.